The summed E-state index contributed by atoms with van der Waals surface area (Å²) >= 11 is 0. The third kappa shape index (κ3) is 34.9. The van der Waals surface area contributed by atoms with Gasteiger partial charge in [-0.15, -0.1) is 0 Å². The standard InChI is InChI=1S/C39H71O11P/c1-4-5-20-26-35(41)27-22-17-13-9-7-10-14-18-23-28-38(43)47-32-37(33-49-51(45,46)48-31-36(42)30-40)50-39(44)29-24-19-15-11-6-8-12-16-21-25-34(2)3/h13,17,22,27,34,36-37,40,42H,4-12,14-16,18-21,23-26,28-33H2,1-3H3,(H,45,46)/b17-13-,27-22+/t36-,37+/m0/s1. The highest BCUT2D eigenvalue weighted by Crippen LogP contribution is 2.43. The number of phosphoric acid groups is 1. The Kier molecular flexibility index (Phi) is 32.7. The maximum absolute atomic E-state index is 12.5. The van der Waals surface area contributed by atoms with E-state index < -0.39 is 51.8 Å². The van der Waals surface area contributed by atoms with Crippen molar-refractivity contribution < 1.29 is 52.6 Å². The molecule has 3 N–H and O–H groups in total. The number of phosphoric ester groups is 1. The Morgan fingerprint density at radius 3 is 1.84 bits per heavy atom. The van der Waals surface area contributed by atoms with Crippen LogP contribution in [0.4, 0.5) is 0 Å². The predicted molar refractivity (Wildman–Crippen MR) is 201 cm³/mol. The van der Waals surface area contributed by atoms with E-state index in [-0.39, 0.29) is 25.2 Å². The summed E-state index contributed by atoms with van der Waals surface area (Å²) in [5.74, 6) is -0.0552. The second-order valence-corrected chi connectivity index (χ2v) is 15.3. The molecule has 0 heterocycles. The number of aliphatic hydroxyl groups excluding tert-OH is 2. The fraction of sp³-hybridized carbons (Fsp3) is 0.821. The lowest BCUT2D eigenvalue weighted by Gasteiger charge is -2.20. The number of rotatable bonds is 36. The van der Waals surface area contributed by atoms with Gasteiger partial charge in [-0.3, -0.25) is 23.4 Å². The highest BCUT2D eigenvalue weighted by Gasteiger charge is 2.27. The molecule has 3 atom stereocenters. The van der Waals surface area contributed by atoms with E-state index in [1.54, 1.807) is 12.2 Å². The van der Waals surface area contributed by atoms with Crippen molar-refractivity contribution in [1.82, 2.24) is 0 Å². The molecule has 11 nitrogen and oxygen atoms in total. The van der Waals surface area contributed by atoms with Gasteiger partial charge >= 0.3 is 19.8 Å². The molecular weight excluding hydrogens is 675 g/mol. The van der Waals surface area contributed by atoms with Crippen molar-refractivity contribution in [3.63, 3.8) is 0 Å². The molecule has 0 aliphatic rings. The minimum atomic E-state index is -4.63. The lowest BCUT2D eigenvalue weighted by Crippen LogP contribution is -2.29. The van der Waals surface area contributed by atoms with E-state index in [4.69, 9.17) is 19.1 Å². The number of ketones is 1. The van der Waals surface area contributed by atoms with Gasteiger partial charge in [0.25, 0.3) is 0 Å². The van der Waals surface area contributed by atoms with E-state index in [2.05, 4.69) is 31.4 Å². The summed E-state index contributed by atoms with van der Waals surface area (Å²) in [6, 6.07) is 0. The molecule has 0 saturated heterocycles. The summed E-state index contributed by atoms with van der Waals surface area (Å²) in [7, 11) is -4.63. The predicted octanol–water partition coefficient (Wildman–Crippen LogP) is 8.87. The zero-order valence-electron chi connectivity index (χ0n) is 32.0. The molecule has 0 aromatic rings. The number of unbranched alkanes of at least 4 members (excludes halogenated alkanes) is 15. The van der Waals surface area contributed by atoms with Gasteiger partial charge in [0.05, 0.1) is 19.8 Å². The maximum Gasteiger partial charge on any atom is 0.472 e. The van der Waals surface area contributed by atoms with Crippen molar-refractivity contribution in [2.75, 3.05) is 26.4 Å². The topological polar surface area (TPSA) is 166 Å². The second kappa shape index (κ2) is 33.9. The van der Waals surface area contributed by atoms with Crippen molar-refractivity contribution in [3.05, 3.63) is 24.3 Å². The Bertz CT molecular complexity index is 982. The number of esters is 2. The van der Waals surface area contributed by atoms with E-state index >= 15 is 0 Å². The van der Waals surface area contributed by atoms with E-state index in [0.717, 1.165) is 76.5 Å². The SMILES string of the molecule is CCCCCC(=O)/C=C/C=C\CCCCCCCC(=O)OC[C@H](COP(=O)(O)OC[C@@H](O)CO)OC(=O)CCCCCCCCCCCC(C)C. The second-order valence-electron chi connectivity index (χ2n) is 13.8. The van der Waals surface area contributed by atoms with Crippen LogP contribution >= 0.6 is 7.82 Å². The van der Waals surface area contributed by atoms with Gasteiger partial charge in [0.15, 0.2) is 11.9 Å². The molecule has 51 heavy (non-hydrogen) atoms. The molecule has 0 aliphatic carbocycles. The molecule has 0 amide bonds. The van der Waals surface area contributed by atoms with Crippen LogP contribution in [-0.4, -0.2) is 71.5 Å². The average Bonchev–Trinajstić information content (AvgIpc) is 3.09. The summed E-state index contributed by atoms with van der Waals surface area (Å²) in [5, 5.41) is 18.3. The largest absolute Gasteiger partial charge is 0.472 e. The van der Waals surface area contributed by atoms with Crippen LogP contribution in [0, 0.1) is 5.92 Å². The molecule has 0 saturated carbocycles. The Morgan fingerprint density at radius 1 is 0.686 bits per heavy atom. The monoisotopic (exact) mass is 746 g/mol. The summed E-state index contributed by atoms with van der Waals surface area (Å²) in [5.41, 5.74) is 0. The van der Waals surface area contributed by atoms with Gasteiger partial charge in [-0.05, 0) is 44.1 Å². The Morgan fingerprint density at radius 2 is 1.24 bits per heavy atom. The molecule has 1 unspecified atom stereocenters. The Labute approximate surface area is 308 Å². The van der Waals surface area contributed by atoms with Crippen molar-refractivity contribution >= 4 is 25.5 Å². The minimum Gasteiger partial charge on any atom is -0.462 e. The van der Waals surface area contributed by atoms with Gasteiger partial charge < -0.3 is 24.6 Å². The maximum atomic E-state index is 12.5. The van der Waals surface area contributed by atoms with Crippen molar-refractivity contribution in [3.8, 4) is 0 Å². The minimum absolute atomic E-state index is 0.165. The first-order valence-corrected chi connectivity index (χ1v) is 21.1. The number of hydrogen-bond donors (Lipinski definition) is 3. The molecule has 12 heteroatoms. The molecule has 0 aromatic heterocycles. The molecule has 0 spiro atoms. The third-order valence-electron chi connectivity index (χ3n) is 8.26. The number of allylic oxidation sites excluding steroid dienone is 4. The first kappa shape index (κ1) is 49.1. The number of carbonyl (C=O) groups is 3. The van der Waals surface area contributed by atoms with Gasteiger partial charge in [0.1, 0.15) is 12.7 Å². The average molecular weight is 747 g/mol. The number of carbonyl (C=O) groups excluding carboxylic acids is 3. The van der Waals surface area contributed by atoms with Crippen LogP contribution in [0.25, 0.3) is 0 Å². The van der Waals surface area contributed by atoms with E-state index in [0.29, 0.717) is 19.3 Å². The van der Waals surface area contributed by atoms with Crippen LogP contribution < -0.4 is 0 Å². The van der Waals surface area contributed by atoms with Crippen LogP contribution in [0.1, 0.15) is 162 Å². The molecule has 0 rings (SSSR count). The molecule has 0 aliphatic heterocycles. The quantitative estimate of drug-likeness (QED) is 0.0184. The number of ether oxygens (including phenoxy) is 2. The Balaban J connectivity index is 4.41. The van der Waals surface area contributed by atoms with Gasteiger partial charge in [-0.2, -0.15) is 0 Å². The molecule has 0 fully saturated rings. The first-order chi connectivity index (χ1) is 24.5. The van der Waals surface area contributed by atoms with Crippen LogP contribution in [0.5, 0.6) is 0 Å². The molecular formula is C39H71O11P. The summed E-state index contributed by atoms with van der Waals surface area (Å²) in [4.78, 5) is 46.5. The zero-order valence-corrected chi connectivity index (χ0v) is 32.9. The van der Waals surface area contributed by atoms with Crippen LogP contribution in [0.15, 0.2) is 24.3 Å². The van der Waals surface area contributed by atoms with Gasteiger partial charge in [-0.1, -0.05) is 129 Å². The summed E-state index contributed by atoms with van der Waals surface area (Å²) in [6.45, 7) is 4.44. The first-order valence-electron chi connectivity index (χ1n) is 19.6. The summed E-state index contributed by atoms with van der Waals surface area (Å²) in [6.07, 6.45) is 25.7. The Hall–Kier alpha value is -1.88. The van der Waals surface area contributed by atoms with Gasteiger partial charge in [-0.25, -0.2) is 4.57 Å². The smallest absolute Gasteiger partial charge is 0.462 e. The highest BCUT2D eigenvalue weighted by molar-refractivity contribution is 7.47. The van der Waals surface area contributed by atoms with Crippen molar-refractivity contribution in [1.29, 1.82) is 0 Å². The summed E-state index contributed by atoms with van der Waals surface area (Å²) < 4.78 is 32.5. The van der Waals surface area contributed by atoms with Crippen molar-refractivity contribution in [2.24, 2.45) is 5.92 Å². The normalized spacial score (nSPS) is 14.3. The van der Waals surface area contributed by atoms with E-state index in [1.165, 1.54) is 38.5 Å². The zero-order chi connectivity index (χ0) is 38.0. The van der Waals surface area contributed by atoms with Crippen LogP contribution in [0.3, 0.4) is 0 Å². The number of aliphatic hydroxyl groups is 2. The highest BCUT2D eigenvalue weighted by atomic mass is 31.2. The van der Waals surface area contributed by atoms with E-state index in [9.17, 15) is 28.9 Å². The third-order valence-corrected chi connectivity index (χ3v) is 9.21. The fourth-order valence-corrected chi connectivity index (χ4v) is 5.95. The molecule has 0 aromatic carbocycles. The van der Waals surface area contributed by atoms with Crippen LogP contribution in [0.2, 0.25) is 0 Å². The van der Waals surface area contributed by atoms with Crippen molar-refractivity contribution in [2.45, 2.75) is 174 Å². The van der Waals surface area contributed by atoms with Gasteiger partial charge in [0.2, 0.25) is 0 Å². The molecule has 0 bridgehead atoms. The number of hydrogen-bond acceptors (Lipinski definition) is 10. The lowest BCUT2D eigenvalue weighted by molar-refractivity contribution is -0.161. The lowest BCUT2D eigenvalue weighted by atomic mass is 10.0. The molecule has 0 radical (unpaired) electrons. The van der Waals surface area contributed by atoms with Crippen LogP contribution in [-0.2, 0) is 37.5 Å². The fourth-order valence-electron chi connectivity index (χ4n) is 5.16. The van der Waals surface area contributed by atoms with Gasteiger partial charge in [0, 0.05) is 19.3 Å². The molecule has 298 valence electrons. The van der Waals surface area contributed by atoms with E-state index in [1.807, 2.05) is 6.08 Å².